The van der Waals surface area contributed by atoms with Crippen molar-refractivity contribution in [2.75, 3.05) is 38.2 Å². The summed E-state index contributed by atoms with van der Waals surface area (Å²) in [7, 11) is 0. The molecule has 0 aromatic heterocycles. The Labute approximate surface area is 177 Å². The van der Waals surface area contributed by atoms with Gasteiger partial charge < -0.3 is 14.8 Å². The minimum Gasteiger partial charge on any atom is -0.492 e. The van der Waals surface area contributed by atoms with E-state index in [0.29, 0.717) is 19.6 Å². The largest absolute Gasteiger partial charge is 0.492 e. The molecule has 0 radical (unpaired) electrons. The van der Waals surface area contributed by atoms with E-state index >= 15 is 0 Å². The average molecular weight is 405 g/mol. The summed E-state index contributed by atoms with van der Waals surface area (Å²) in [5.74, 6) is 2.28. The van der Waals surface area contributed by atoms with Gasteiger partial charge in [-0.05, 0) is 62.3 Å². The van der Waals surface area contributed by atoms with Gasteiger partial charge in [-0.2, -0.15) is 0 Å². The van der Waals surface area contributed by atoms with E-state index in [2.05, 4.69) is 37.9 Å². The number of hydrogen-bond acceptors (Lipinski definition) is 4. The molecule has 1 saturated heterocycles. The third kappa shape index (κ3) is 7.63. The van der Waals surface area contributed by atoms with Crippen LogP contribution >= 0.6 is 0 Å². The summed E-state index contributed by atoms with van der Waals surface area (Å²) in [6.07, 6.45) is 3.82. The Morgan fingerprint density at radius 1 is 1.10 bits per heavy atom. The standard InChI is InChI=1S/C24H40N2O3/c1-6-12-24(5,29-14-7-2)23(27)25-21-8-10-22(11-9-21)28-15-13-26-17-19(3)16-20(4)18-26/h8-11,19-20H,6-7,12-18H2,1-5H3,(H,25,27)/t19-,20-,24-/m1/s1. The number of anilines is 1. The summed E-state index contributed by atoms with van der Waals surface area (Å²) in [5, 5.41) is 2.99. The van der Waals surface area contributed by atoms with E-state index < -0.39 is 5.60 Å². The average Bonchev–Trinajstić information content (AvgIpc) is 2.67. The van der Waals surface area contributed by atoms with E-state index in [9.17, 15) is 4.79 Å². The van der Waals surface area contributed by atoms with Crippen molar-refractivity contribution in [1.82, 2.24) is 4.90 Å². The number of nitrogens with zero attached hydrogens (tertiary/aromatic N) is 1. The molecular formula is C24H40N2O3. The molecule has 0 unspecified atom stereocenters. The maximum absolute atomic E-state index is 12.7. The molecule has 29 heavy (non-hydrogen) atoms. The SMILES string of the molecule is CCCO[C@](C)(CCC)C(=O)Nc1ccc(OCCN2C[C@H](C)C[C@@H](C)C2)cc1. The topological polar surface area (TPSA) is 50.8 Å². The fourth-order valence-corrected chi connectivity index (χ4v) is 4.22. The van der Waals surface area contributed by atoms with Crippen molar-refractivity contribution in [2.45, 2.75) is 65.9 Å². The van der Waals surface area contributed by atoms with Crippen LogP contribution in [0.25, 0.3) is 0 Å². The van der Waals surface area contributed by atoms with E-state index in [0.717, 1.165) is 55.7 Å². The minimum absolute atomic E-state index is 0.0881. The third-order valence-corrected chi connectivity index (χ3v) is 5.57. The van der Waals surface area contributed by atoms with E-state index in [4.69, 9.17) is 9.47 Å². The van der Waals surface area contributed by atoms with Crippen LogP contribution in [0.2, 0.25) is 0 Å². The molecule has 1 N–H and O–H groups in total. The molecule has 1 aromatic rings. The number of amides is 1. The number of piperidine rings is 1. The maximum atomic E-state index is 12.7. The second-order valence-corrected chi connectivity index (χ2v) is 8.86. The van der Waals surface area contributed by atoms with Crippen molar-refractivity contribution in [3.8, 4) is 5.75 Å². The molecule has 1 amide bonds. The van der Waals surface area contributed by atoms with Gasteiger partial charge in [0, 0.05) is 31.9 Å². The van der Waals surface area contributed by atoms with Gasteiger partial charge in [-0.15, -0.1) is 0 Å². The summed E-state index contributed by atoms with van der Waals surface area (Å²) < 4.78 is 11.8. The van der Waals surface area contributed by atoms with Crippen LogP contribution in [0.4, 0.5) is 5.69 Å². The lowest BCUT2D eigenvalue weighted by molar-refractivity contribution is -0.140. The lowest BCUT2D eigenvalue weighted by Gasteiger charge is -2.34. The predicted molar refractivity (Wildman–Crippen MR) is 120 cm³/mol. The molecule has 2 rings (SSSR count). The molecule has 0 spiro atoms. The van der Waals surface area contributed by atoms with Crippen molar-refractivity contribution >= 4 is 11.6 Å². The van der Waals surface area contributed by atoms with Crippen LogP contribution < -0.4 is 10.1 Å². The quantitative estimate of drug-likeness (QED) is 0.566. The van der Waals surface area contributed by atoms with E-state index in [1.165, 1.54) is 6.42 Å². The molecule has 1 aliphatic heterocycles. The zero-order chi connectivity index (χ0) is 21.3. The first kappa shape index (κ1) is 23.7. The van der Waals surface area contributed by atoms with Crippen LogP contribution in [0.5, 0.6) is 5.75 Å². The highest BCUT2D eigenvalue weighted by Crippen LogP contribution is 2.23. The van der Waals surface area contributed by atoms with Gasteiger partial charge in [0.15, 0.2) is 0 Å². The number of benzene rings is 1. The fourth-order valence-electron chi connectivity index (χ4n) is 4.22. The smallest absolute Gasteiger partial charge is 0.256 e. The third-order valence-electron chi connectivity index (χ3n) is 5.57. The van der Waals surface area contributed by atoms with Gasteiger partial charge in [0.1, 0.15) is 18.0 Å². The predicted octanol–water partition coefficient (Wildman–Crippen LogP) is 4.97. The number of rotatable bonds is 11. The van der Waals surface area contributed by atoms with Gasteiger partial charge in [-0.3, -0.25) is 9.69 Å². The first-order chi connectivity index (χ1) is 13.9. The Kier molecular flexibility index (Phi) is 9.44. The zero-order valence-electron chi connectivity index (χ0n) is 19.0. The van der Waals surface area contributed by atoms with Crippen LogP contribution in [-0.2, 0) is 9.53 Å². The molecule has 0 saturated carbocycles. The Morgan fingerprint density at radius 2 is 1.76 bits per heavy atom. The summed E-state index contributed by atoms with van der Waals surface area (Å²) in [6, 6.07) is 7.62. The first-order valence-electron chi connectivity index (χ1n) is 11.3. The molecule has 1 aromatic carbocycles. The highest BCUT2D eigenvalue weighted by atomic mass is 16.5. The van der Waals surface area contributed by atoms with Crippen molar-refractivity contribution in [2.24, 2.45) is 11.8 Å². The van der Waals surface area contributed by atoms with Gasteiger partial charge in [0.2, 0.25) is 0 Å². The normalized spacial score (nSPS) is 22.1. The van der Waals surface area contributed by atoms with E-state index in [-0.39, 0.29) is 5.91 Å². The monoisotopic (exact) mass is 404 g/mol. The summed E-state index contributed by atoms with van der Waals surface area (Å²) in [4.78, 5) is 15.2. The molecule has 3 atom stereocenters. The maximum Gasteiger partial charge on any atom is 0.256 e. The van der Waals surface area contributed by atoms with Crippen LogP contribution in [0.3, 0.4) is 0 Å². The number of likely N-dealkylation sites (tertiary alicyclic amines) is 1. The molecule has 1 fully saturated rings. The minimum atomic E-state index is -0.789. The number of carbonyl (C=O) groups is 1. The highest BCUT2D eigenvalue weighted by Gasteiger charge is 2.33. The van der Waals surface area contributed by atoms with Crippen LogP contribution in [0.1, 0.15) is 60.3 Å². The van der Waals surface area contributed by atoms with E-state index in [1.54, 1.807) is 0 Å². The molecule has 0 aliphatic carbocycles. The van der Waals surface area contributed by atoms with Gasteiger partial charge in [-0.1, -0.05) is 34.1 Å². The van der Waals surface area contributed by atoms with Crippen molar-refractivity contribution in [3.05, 3.63) is 24.3 Å². The van der Waals surface area contributed by atoms with Gasteiger partial charge in [0.25, 0.3) is 5.91 Å². The van der Waals surface area contributed by atoms with Gasteiger partial charge >= 0.3 is 0 Å². The molecule has 1 aliphatic rings. The summed E-state index contributed by atoms with van der Waals surface area (Å²) in [6.45, 7) is 15.2. The number of hydrogen-bond donors (Lipinski definition) is 1. The Morgan fingerprint density at radius 3 is 2.34 bits per heavy atom. The highest BCUT2D eigenvalue weighted by molar-refractivity contribution is 5.97. The summed E-state index contributed by atoms with van der Waals surface area (Å²) in [5.41, 5.74) is -0.0220. The molecule has 5 nitrogen and oxygen atoms in total. The zero-order valence-corrected chi connectivity index (χ0v) is 19.0. The Bertz CT molecular complexity index is 609. The lowest BCUT2D eigenvalue weighted by Crippen LogP contribution is -2.43. The second kappa shape index (κ2) is 11.6. The number of ether oxygens (including phenoxy) is 2. The van der Waals surface area contributed by atoms with Crippen LogP contribution in [0, 0.1) is 11.8 Å². The number of nitrogens with one attached hydrogen (secondary N) is 1. The fraction of sp³-hybridized carbons (Fsp3) is 0.708. The molecule has 1 heterocycles. The molecule has 0 bridgehead atoms. The first-order valence-corrected chi connectivity index (χ1v) is 11.3. The van der Waals surface area contributed by atoms with Crippen molar-refractivity contribution < 1.29 is 14.3 Å². The molecular weight excluding hydrogens is 364 g/mol. The molecule has 164 valence electrons. The Balaban J connectivity index is 1.82. The van der Waals surface area contributed by atoms with Crippen LogP contribution in [0.15, 0.2) is 24.3 Å². The Hall–Kier alpha value is -1.59. The van der Waals surface area contributed by atoms with Crippen molar-refractivity contribution in [1.29, 1.82) is 0 Å². The number of carbonyl (C=O) groups excluding carboxylic acids is 1. The second-order valence-electron chi connectivity index (χ2n) is 8.86. The summed E-state index contributed by atoms with van der Waals surface area (Å²) >= 11 is 0. The van der Waals surface area contributed by atoms with Crippen molar-refractivity contribution in [3.63, 3.8) is 0 Å². The van der Waals surface area contributed by atoms with E-state index in [1.807, 2.05) is 31.2 Å². The van der Waals surface area contributed by atoms with Crippen LogP contribution in [-0.4, -0.2) is 49.3 Å². The lowest BCUT2D eigenvalue weighted by atomic mass is 9.92. The van der Waals surface area contributed by atoms with Gasteiger partial charge in [-0.25, -0.2) is 0 Å². The van der Waals surface area contributed by atoms with Gasteiger partial charge in [0.05, 0.1) is 0 Å². The molecule has 5 heteroatoms.